The molecule has 9 atom stereocenters. The quantitative estimate of drug-likeness (QED) is 0.0617. The van der Waals surface area contributed by atoms with Gasteiger partial charge in [0.25, 0.3) is 11.8 Å². The van der Waals surface area contributed by atoms with E-state index >= 15 is 0 Å². The molecule has 3 heterocycles. The number of piperidine rings is 1. The van der Waals surface area contributed by atoms with Crippen LogP contribution in [0.15, 0.2) is 54.8 Å². The zero-order chi connectivity index (χ0) is 49.6. The molecule has 4 rings (SSSR count). The van der Waals surface area contributed by atoms with Crippen molar-refractivity contribution in [2.45, 2.75) is 161 Å². The lowest BCUT2D eigenvalue weighted by Crippen LogP contribution is -2.58. The number of aliphatic hydroxyl groups is 1. The van der Waals surface area contributed by atoms with Gasteiger partial charge in [-0.05, 0) is 75.7 Å². The van der Waals surface area contributed by atoms with Gasteiger partial charge in [-0.2, -0.15) is 0 Å². The van der Waals surface area contributed by atoms with Crippen LogP contribution in [0.2, 0.25) is 0 Å². The molecule has 15 heteroatoms. The van der Waals surface area contributed by atoms with E-state index in [2.05, 4.69) is 11.9 Å². The van der Waals surface area contributed by atoms with Gasteiger partial charge in [0.1, 0.15) is 5.76 Å². The molecule has 2 fully saturated rings. The maximum Gasteiger partial charge on any atom is 0.253 e. The van der Waals surface area contributed by atoms with Gasteiger partial charge < -0.3 is 34.6 Å². The van der Waals surface area contributed by atoms with Gasteiger partial charge in [0.15, 0.2) is 5.78 Å². The molecule has 1 aromatic carbocycles. The first-order valence-electron chi connectivity index (χ1n) is 24.5. The van der Waals surface area contributed by atoms with Crippen molar-refractivity contribution in [2.75, 3.05) is 40.9 Å². The number of Topliss-reactive ketones (excluding diaryl/α,β-unsaturated/α-hetero) is 1. The van der Waals surface area contributed by atoms with E-state index in [-0.39, 0.29) is 78.1 Å². The van der Waals surface area contributed by atoms with Gasteiger partial charge in [-0.3, -0.25) is 38.5 Å². The lowest BCUT2D eigenvalue weighted by Gasteiger charge is -2.45. The summed E-state index contributed by atoms with van der Waals surface area (Å²) in [5.74, 6) is -3.45. The van der Waals surface area contributed by atoms with Gasteiger partial charge in [0.05, 0.1) is 48.2 Å². The monoisotopic (exact) mass is 934 g/mol. The highest BCUT2D eigenvalue weighted by molar-refractivity contribution is 6.12. The average Bonchev–Trinajstić information content (AvgIpc) is 3.92. The maximum absolute atomic E-state index is 14.7. The Morgan fingerprint density at radius 2 is 1.58 bits per heavy atom. The van der Waals surface area contributed by atoms with E-state index in [1.807, 2.05) is 65.0 Å². The number of imide groups is 1. The van der Waals surface area contributed by atoms with E-state index in [1.54, 1.807) is 35.8 Å². The van der Waals surface area contributed by atoms with E-state index in [1.165, 1.54) is 24.2 Å². The van der Waals surface area contributed by atoms with Crippen LogP contribution in [-0.2, 0) is 49.5 Å². The number of carbonyl (C=O) groups excluding carboxylic acids is 7. The third-order valence-corrected chi connectivity index (χ3v) is 14.8. The smallest absolute Gasteiger partial charge is 0.253 e. The van der Waals surface area contributed by atoms with E-state index in [0.29, 0.717) is 64.6 Å². The summed E-state index contributed by atoms with van der Waals surface area (Å²) in [7, 11) is 4.81. The first kappa shape index (κ1) is 54.7. The molecule has 1 aromatic rings. The fraction of sp³-hybridized carbons (Fsp3) is 0.673. The van der Waals surface area contributed by atoms with Gasteiger partial charge in [-0.25, -0.2) is 0 Å². The zero-order valence-electron chi connectivity index (χ0n) is 41.7. The predicted molar refractivity (Wildman–Crippen MR) is 256 cm³/mol. The number of nitrogens with one attached hydrogen (secondary N) is 1. The number of unbranched alkanes of at least 4 members (excludes halogenated alkanes) is 2. The lowest BCUT2D eigenvalue weighted by atomic mass is 9.78. The first-order valence-corrected chi connectivity index (χ1v) is 24.5. The maximum atomic E-state index is 14.7. The lowest BCUT2D eigenvalue weighted by molar-refractivity contribution is -0.153. The van der Waals surface area contributed by atoms with E-state index < -0.39 is 47.7 Å². The molecule has 372 valence electrons. The molecule has 2 N–H and O–H groups in total. The highest BCUT2D eigenvalue weighted by atomic mass is 16.5. The molecule has 0 saturated carbocycles. The summed E-state index contributed by atoms with van der Waals surface area (Å²) in [5, 5.41) is 13.3. The Morgan fingerprint density at radius 3 is 2.18 bits per heavy atom. The number of likely N-dealkylation sites (N-methyl/N-ethyl adjacent to an activating group) is 1. The van der Waals surface area contributed by atoms with Crippen LogP contribution in [0.1, 0.15) is 124 Å². The first-order chi connectivity index (χ1) is 31.8. The summed E-state index contributed by atoms with van der Waals surface area (Å²) in [6, 6.07) is 7.88. The molecule has 2 saturated heterocycles. The summed E-state index contributed by atoms with van der Waals surface area (Å²) in [4.78, 5) is 101. The second kappa shape index (κ2) is 25.5. The van der Waals surface area contributed by atoms with Gasteiger partial charge in [0.2, 0.25) is 23.6 Å². The van der Waals surface area contributed by atoms with Crippen molar-refractivity contribution < 1.29 is 48.1 Å². The predicted octanol–water partition coefficient (Wildman–Crippen LogP) is 6.19. The highest BCUT2D eigenvalue weighted by Crippen LogP contribution is 2.35. The topological polar surface area (TPSA) is 183 Å². The van der Waals surface area contributed by atoms with Gasteiger partial charge in [0, 0.05) is 71.8 Å². The van der Waals surface area contributed by atoms with Crippen LogP contribution in [0.5, 0.6) is 0 Å². The van der Waals surface area contributed by atoms with Crippen LogP contribution >= 0.6 is 0 Å². The standard InChI is InChI=1S/C52H79N5O10/c1-11-35(4)48(42(66-9)33-47(63)55-29-20-23-41(55)49(67-10)36(5)50(64)53-40(37(6)58)31-38-21-14-12-15-22-38)54(8)51(65)39(34(2)3)32-43(59)52(7)27-17-19-30-57(52)46(62)24-16-13-18-28-56-44(60)25-26-45(56)61/h12,14-15,21-22,25-26,34-36,39-42,48-49,58H,6,11,13,16-20,23-24,27-33H2,1-5,7-10H3,(H,53,64)/t35-,36+,39-,40-,41-,42+,48-,49+,52+/m0/s1. The van der Waals surface area contributed by atoms with Gasteiger partial charge in [-0.15, -0.1) is 0 Å². The number of benzene rings is 1. The van der Waals surface area contributed by atoms with Crippen molar-refractivity contribution in [3.8, 4) is 0 Å². The Labute approximate surface area is 399 Å². The summed E-state index contributed by atoms with van der Waals surface area (Å²) >= 11 is 0. The van der Waals surface area contributed by atoms with E-state index in [9.17, 15) is 38.7 Å². The molecular formula is C52H79N5O10. The number of ether oxygens (including phenoxy) is 2. The summed E-state index contributed by atoms with van der Waals surface area (Å²) in [5.41, 5.74) is -0.140. The van der Waals surface area contributed by atoms with Crippen molar-refractivity contribution in [3.63, 3.8) is 0 Å². The Kier molecular flexibility index (Phi) is 20.8. The Morgan fingerprint density at radius 1 is 0.910 bits per heavy atom. The summed E-state index contributed by atoms with van der Waals surface area (Å²) in [6.45, 7) is 16.4. The van der Waals surface area contributed by atoms with Crippen LogP contribution in [0.25, 0.3) is 0 Å². The minimum absolute atomic E-state index is 0.0216. The number of aliphatic hydroxyl groups excluding tert-OH is 1. The van der Waals surface area contributed by atoms with E-state index in [4.69, 9.17) is 9.47 Å². The van der Waals surface area contributed by atoms with Crippen molar-refractivity contribution >= 4 is 41.2 Å². The Hall–Kier alpha value is -4.89. The Bertz CT molecular complexity index is 1900. The molecule has 0 aromatic heterocycles. The molecule has 0 radical (unpaired) electrons. The number of carbonyl (C=O) groups is 7. The second-order valence-electron chi connectivity index (χ2n) is 19.6. The van der Waals surface area contributed by atoms with Crippen molar-refractivity contribution in [2.24, 2.45) is 23.7 Å². The number of amides is 6. The Balaban J connectivity index is 1.43. The average molecular weight is 934 g/mol. The SMILES string of the molecule is C=C(O)[C@H](Cc1ccccc1)NC(=O)[C@H](C)[C@@H](OC)[C@@H]1CCCN1C(=O)C[C@@H](OC)[C@H]([C@@H](C)CC)N(C)C(=O)[C@@H](CC(=O)[C@@]1(C)CCCCN1C(=O)CCCCCN1C(=O)C=CC1=O)C(C)C. The van der Waals surface area contributed by atoms with Crippen LogP contribution in [0.3, 0.4) is 0 Å². The second-order valence-corrected chi connectivity index (χ2v) is 19.6. The number of ketones is 1. The van der Waals surface area contributed by atoms with Crippen LogP contribution in [0, 0.1) is 23.7 Å². The number of likely N-dealkylation sites (tertiary alicyclic amines) is 2. The van der Waals surface area contributed by atoms with Crippen molar-refractivity contribution in [1.29, 1.82) is 0 Å². The molecule has 15 nitrogen and oxygen atoms in total. The molecule has 6 amide bonds. The summed E-state index contributed by atoms with van der Waals surface area (Å²) in [6.07, 6.45) is 7.60. The fourth-order valence-electron chi connectivity index (χ4n) is 10.3. The van der Waals surface area contributed by atoms with Gasteiger partial charge in [-0.1, -0.05) is 84.4 Å². The fourth-order valence-corrected chi connectivity index (χ4v) is 10.3. The number of hydrogen-bond donors (Lipinski definition) is 2. The third-order valence-electron chi connectivity index (χ3n) is 14.8. The van der Waals surface area contributed by atoms with Crippen molar-refractivity contribution in [1.82, 2.24) is 24.9 Å². The minimum Gasteiger partial charge on any atom is -0.511 e. The molecule has 0 aliphatic carbocycles. The van der Waals surface area contributed by atoms with Crippen molar-refractivity contribution in [3.05, 3.63) is 60.4 Å². The third kappa shape index (κ3) is 13.9. The van der Waals surface area contributed by atoms with Crippen LogP contribution in [0.4, 0.5) is 0 Å². The zero-order valence-corrected chi connectivity index (χ0v) is 41.7. The number of rotatable bonds is 26. The minimum atomic E-state index is -1.07. The number of hydrogen-bond acceptors (Lipinski definition) is 10. The molecule has 0 unspecified atom stereocenters. The van der Waals surface area contributed by atoms with Gasteiger partial charge >= 0.3 is 0 Å². The summed E-state index contributed by atoms with van der Waals surface area (Å²) < 4.78 is 12.1. The number of methoxy groups -OCH3 is 2. The van der Waals surface area contributed by atoms with E-state index in [0.717, 1.165) is 24.8 Å². The largest absolute Gasteiger partial charge is 0.511 e. The van der Waals surface area contributed by atoms with Crippen LogP contribution < -0.4 is 5.32 Å². The molecule has 67 heavy (non-hydrogen) atoms. The van der Waals surface area contributed by atoms with Crippen LogP contribution in [-0.4, -0.2) is 143 Å². The highest BCUT2D eigenvalue weighted by Gasteiger charge is 2.47. The molecule has 3 aliphatic rings. The molecule has 0 spiro atoms. The molecular weight excluding hydrogens is 855 g/mol. The number of nitrogens with zero attached hydrogens (tertiary/aromatic N) is 4. The molecule has 3 aliphatic heterocycles. The normalized spacial score (nSPS) is 21.7. The molecule has 0 bridgehead atoms.